The number of para-hydroxylation sites is 1. The van der Waals surface area contributed by atoms with E-state index in [0.717, 1.165) is 49.3 Å². The summed E-state index contributed by atoms with van der Waals surface area (Å²) in [6, 6.07) is 15.7. The smallest absolute Gasteiger partial charge is 0.237 e. The molecular weight excluding hydrogens is 638 g/mol. The molecule has 2 unspecified atom stereocenters. The Hall–Kier alpha value is -3.37. The van der Waals surface area contributed by atoms with Gasteiger partial charge in [0, 0.05) is 76.1 Å². The van der Waals surface area contributed by atoms with Crippen LogP contribution in [0.3, 0.4) is 0 Å². The van der Waals surface area contributed by atoms with Crippen LogP contribution < -0.4 is 4.90 Å². The first kappa shape index (κ1) is 35.5. The Morgan fingerprint density at radius 3 is 2.29 bits per heavy atom. The maximum absolute atomic E-state index is 15.7. The van der Waals surface area contributed by atoms with E-state index >= 15 is 4.39 Å². The fourth-order valence-corrected chi connectivity index (χ4v) is 9.03. The van der Waals surface area contributed by atoms with Gasteiger partial charge in [-0.25, -0.2) is 4.39 Å². The predicted octanol–water partition coefficient (Wildman–Crippen LogP) is 6.39. The minimum Gasteiger partial charge on any atom is -0.366 e. The number of benzene rings is 2. The van der Waals surface area contributed by atoms with Crippen molar-refractivity contribution in [3.63, 3.8) is 0 Å². The molecule has 8 nitrogen and oxygen atoms in total. The van der Waals surface area contributed by atoms with Crippen LogP contribution in [0.2, 0.25) is 0 Å². The molecule has 10 heteroatoms. The SMILES string of the molecule is CC(C)N1CCN(c2c(F)cccc2C2SC(CC(=O)N3CCC(N4C=C(c5ccccc5)CC4=O)CC3)C(=O)N2CCC(C)(C)C)CC1. The lowest BCUT2D eigenvalue weighted by Crippen LogP contribution is -2.49. The van der Waals surface area contributed by atoms with Crippen LogP contribution in [0.25, 0.3) is 5.57 Å². The highest BCUT2D eigenvalue weighted by Crippen LogP contribution is 2.48. The number of carbonyl (C=O) groups excluding carboxylic acids is 3. The van der Waals surface area contributed by atoms with Crippen molar-refractivity contribution in [3.05, 3.63) is 71.7 Å². The maximum atomic E-state index is 15.7. The predicted molar refractivity (Wildman–Crippen MR) is 195 cm³/mol. The van der Waals surface area contributed by atoms with Crippen molar-refractivity contribution in [3.8, 4) is 0 Å². The standard InChI is InChI=1S/C39H52FN5O3S/c1-27(2)41-20-22-43(23-21-41)36-31(12-9-13-32(36)40)38-44(19-16-39(3,4)5)37(48)33(49-38)25-34(46)42-17-14-30(15-18-42)45-26-29(24-35(45)47)28-10-7-6-8-11-28/h6-13,26-27,30,33,38H,14-25H2,1-5H3. The molecule has 0 radical (unpaired) electrons. The lowest BCUT2D eigenvalue weighted by atomic mass is 9.92. The fraction of sp³-hybridized carbons (Fsp3) is 0.564. The van der Waals surface area contributed by atoms with Crippen LogP contribution in [0.4, 0.5) is 10.1 Å². The molecule has 4 aliphatic rings. The number of piperazine rings is 1. The van der Waals surface area contributed by atoms with E-state index in [-0.39, 0.29) is 46.8 Å². The maximum Gasteiger partial charge on any atom is 0.237 e. The number of carbonyl (C=O) groups is 3. The van der Waals surface area contributed by atoms with E-state index in [0.29, 0.717) is 50.6 Å². The van der Waals surface area contributed by atoms with Gasteiger partial charge in [0.05, 0.1) is 17.4 Å². The molecule has 0 aliphatic carbocycles. The molecule has 4 heterocycles. The van der Waals surface area contributed by atoms with Crippen molar-refractivity contribution in [2.24, 2.45) is 5.41 Å². The molecule has 0 bridgehead atoms. The van der Waals surface area contributed by atoms with Crippen LogP contribution in [-0.2, 0) is 14.4 Å². The molecule has 6 rings (SSSR count). The monoisotopic (exact) mass is 689 g/mol. The average molecular weight is 690 g/mol. The topological polar surface area (TPSA) is 67.4 Å². The molecular formula is C39H52FN5O3S. The summed E-state index contributed by atoms with van der Waals surface area (Å²) in [6.45, 7) is 15.7. The number of amides is 3. The number of hydrogen-bond acceptors (Lipinski definition) is 6. The zero-order chi connectivity index (χ0) is 34.9. The van der Waals surface area contributed by atoms with Gasteiger partial charge in [-0.3, -0.25) is 19.3 Å². The molecule has 49 heavy (non-hydrogen) atoms. The molecule has 3 fully saturated rings. The van der Waals surface area contributed by atoms with Gasteiger partial charge in [0.2, 0.25) is 17.7 Å². The van der Waals surface area contributed by atoms with E-state index in [4.69, 9.17) is 0 Å². The van der Waals surface area contributed by atoms with Crippen molar-refractivity contribution in [1.29, 1.82) is 0 Å². The number of rotatable bonds is 9. The molecule has 4 aliphatic heterocycles. The second-order valence-electron chi connectivity index (χ2n) is 15.4. The van der Waals surface area contributed by atoms with E-state index in [2.05, 4.69) is 44.4 Å². The number of hydrogen-bond donors (Lipinski definition) is 0. The molecule has 3 saturated heterocycles. The summed E-state index contributed by atoms with van der Waals surface area (Å²) in [5, 5.41) is -0.889. The van der Waals surface area contributed by atoms with Crippen LogP contribution in [0, 0.1) is 11.2 Å². The Balaban J connectivity index is 1.14. The van der Waals surface area contributed by atoms with Crippen LogP contribution >= 0.6 is 11.8 Å². The van der Waals surface area contributed by atoms with E-state index < -0.39 is 5.25 Å². The van der Waals surface area contributed by atoms with Crippen molar-refractivity contribution >= 4 is 40.7 Å². The summed E-state index contributed by atoms with van der Waals surface area (Å²) >= 11 is 1.50. The van der Waals surface area contributed by atoms with E-state index in [1.807, 2.05) is 57.3 Å². The van der Waals surface area contributed by atoms with Gasteiger partial charge in [-0.15, -0.1) is 11.8 Å². The Morgan fingerprint density at radius 2 is 1.63 bits per heavy atom. The second-order valence-corrected chi connectivity index (χ2v) is 16.7. The van der Waals surface area contributed by atoms with Crippen molar-refractivity contribution in [2.45, 2.75) is 89.4 Å². The third-order valence-corrected chi connectivity index (χ3v) is 12.0. The molecule has 0 saturated carbocycles. The summed E-state index contributed by atoms with van der Waals surface area (Å²) in [5.74, 6) is -0.220. The Bertz CT molecular complexity index is 1540. The number of anilines is 1. The Labute approximate surface area is 295 Å². The zero-order valence-corrected chi connectivity index (χ0v) is 30.6. The summed E-state index contributed by atoms with van der Waals surface area (Å²) in [5.41, 5.74) is 3.52. The number of likely N-dealkylation sites (tertiary alicyclic amines) is 1. The third kappa shape index (κ3) is 8.01. The van der Waals surface area contributed by atoms with Gasteiger partial charge in [0.25, 0.3) is 0 Å². The minimum atomic E-state index is -0.527. The Kier molecular flexibility index (Phi) is 10.7. The lowest BCUT2D eigenvalue weighted by Gasteiger charge is -2.40. The number of thioether (sulfide) groups is 1. The average Bonchev–Trinajstić information content (AvgIpc) is 3.62. The van der Waals surface area contributed by atoms with E-state index in [1.165, 1.54) is 17.8 Å². The van der Waals surface area contributed by atoms with E-state index in [1.54, 1.807) is 6.07 Å². The first-order chi connectivity index (χ1) is 23.4. The molecule has 0 spiro atoms. The van der Waals surface area contributed by atoms with Gasteiger partial charge >= 0.3 is 0 Å². The lowest BCUT2D eigenvalue weighted by molar-refractivity contribution is -0.137. The Morgan fingerprint density at radius 1 is 0.939 bits per heavy atom. The minimum absolute atomic E-state index is 0.0134. The molecule has 264 valence electrons. The molecule has 2 atom stereocenters. The summed E-state index contributed by atoms with van der Waals surface area (Å²) in [7, 11) is 0. The molecule has 0 N–H and O–H groups in total. The molecule has 2 aromatic carbocycles. The quantitative estimate of drug-likeness (QED) is 0.304. The first-order valence-corrected chi connectivity index (χ1v) is 18.9. The van der Waals surface area contributed by atoms with Crippen LogP contribution in [0.5, 0.6) is 0 Å². The van der Waals surface area contributed by atoms with Crippen LogP contribution in [0.15, 0.2) is 54.7 Å². The zero-order valence-electron chi connectivity index (χ0n) is 29.7. The van der Waals surface area contributed by atoms with Gasteiger partial charge in [-0.1, -0.05) is 63.2 Å². The largest absolute Gasteiger partial charge is 0.366 e. The molecule has 3 amide bonds. The summed E-state index contributed by atoms with van der Waals surface area (Å²) in [4.78, 5) is 50.9. The van der Waals surface area contributed by atoms with Crippen molar-refractivity contribution in [2.75, 3.05) is 50.7 Å². The second kappa shape index (κ2) is 14.9. The highest BCUT2D eigenvalue weighted by molar-refractivity contribution is 8.01. The third-order valence-electron chi connectivity index (χ3n) is 10.5. The van der Waals surface area contributed by atoms with Crippen molar-refractivity contribution < 1.29 is 18.8 Å². The number of halogens is 1. The highest BCUT2D eigenvalue weighted by Gasteiger charge is 2.44. The highest BCUT2D eigenvalue weighted by atomic mass is 32.2. The van der Waals surface area contributed by atoms with Gasteiger partial charge in [0.1, 0.15) is 11.2 Å². The van der Waals surface area contributed by atoms with Crippen molar-refractivity contribution in [1.82, 2.24) is 19.6 Å². The van der Waals surface area contributed by atoms with Gasteiger partial charge in [0.15, 0.2) is 0 Å². The normalized spacial score (nSPS) is 22.9. The summed E-state index contributed by atoms with van der Waals surface area (Å²) in [6.07, 6.45) is 4.73. The first-order valence-electron chi connectivity index (χ1n) is 18.0. The number of piperidine rings is 1. The summed E-state index contributed by atoms with van der Waals surface area (Å²) < 4.78 is 15.7. The number of nitrogens with zero attached hydrogens (tertiary/aromatic N) is 5. The van der Waals surface area contributed by atoms with E-state index in [9.17, 15) is 14.4 Å². The molecule has 0 aromatic heterocycles. The van der Waals surface area contributed by atoms with Crippen LogP contribution in [-0.4, -0.2) is 100 Å². The van der Waals surface area contributed by atoms with Gasteiger partial charge in [-0.2, -0.15) is 0 Å². The fourth-order valence-electron chi connectivity index (χ4n) is 7.53. The van der Waals surface area contributed by atoms with Gasteiger partial charge in [-0.05, 0) is 55.7 Å². The van der Waals surface area contributed by atoms with Crippen LogP contribution in [0.1, 0.15) is 83.2 Å². The molecule has 2 aromatic rings. The van der Waals surface area contributed by atoms with Gasteiger partial charge < -0.3 is 19.6 Å².